The van der Waals surface area contributed by atoms with Crippen LogP contribution in [0.25, 0.3) is 0 Å². The first-order valence-electron chi connectivity index (χ1n) is 9.05. The zero-order valence-corrected chi connectivity index (χ0v) is 14.2. The van der Waals surface area contributed by atoms with Crippen LogP contribution in [0.3, 0.4) is 0 Å². The summed E-state index contributed by atoms with van der Waals surface area (Å²) >= 11 is 0. The van der Waals surface area contributed by atoms with Crippen LogP contribution in [0.4, 0.5) is 0 Å². The van der Waals surface area contributed by atoms with Gasteiger partial charge in [0.25, 0.3) is 0 Å². The molecule has 3 unspecified atom stereocenters. The summed E-state index contributed by atoms with van der Waals surface area (Å²) in [6, 6.07) is 1.52. The van der Waals surface area contributed by atoms with Gasteiger partial charge in [0, 0.05) is 18.6 Å². The van der Waals surface area contributed by atoms with Gasteiger partial charge in [-0.25, -0.2) is 0 Å². The molecular formula is C18H36N2. The van der Waals surface area contributed by atoms with Gasteiger partial charge >= 0.3 is 0 Å². The number of nitrogens with one attached hydrogen (secondary N) is 1. The van der Waals surface area contributed by atoms with Crippen LogP contribution in [-0.4, -0.2) is 36.6 Å². The monoisotopic (exact) mass is 280 g/mol. The van der Waals surface area contributed by atoms with E-state index in [9.17, 15) is 0 Å². The van der Waals surface area contributed by atoms with E-state index in [1.807, 2.05) is 0 Å². The molecule has 1 heterocycles. The minimum absolute atomic E-state index is 0.747. The summed E-state index contributed by atoms with van der Waals surface area (Å²) in [5.74, 6) is 2.58. The van der Waals surface area contributed by atoms with Gasteiger partial charge in [-0.05, 0) is 56.5 Å². The topological polar surface area (TPSA) is 15.3 Å². The second-order valence-electron chi connectivity index (χ2n) is 7.83. The molecule has 2 fully saturated rings. The summed E-state index contributed by atoms with van der Waals surface area (Å²) < 4.78 is 0. The normalized spacial score (nSPS) is 30.3. The number of likely N-dealkylation sites (tertiary alicyclic amines) is 1. The van der Waals surface area contributed by atoms with E-state index in [1.165, 1.54) is 58.2 Å². The average Bonchev–Trinajstić information content (AvgIpc) is 2.93. The van der Waals surface area contributed by atoms with Gasteiger partial charge in [-0.15, -0.1) is 0 Å². The molecule has 118 valence electrons. The third kappa shape index (κ3) is 4.46. The molecule has 0 aromatic heterocycles. The van der Waals surface area contributed by atoms with Crippen LogP contribution in [0, 0.1) is 17.8 Å². The quantitative estimate of drug-likeness (QED) is 0.793. The van der Waals surface area contributed by atoms with Gasteiger partial charge in [-0.1, -0.05) is 40.5 Å². The Morgan fingerprint density at radius 2 is 1.70 bits per heavy atom. The van der Waals surface area contributed by atoms with Crippen molar-refractivity contribution < 1.29 is 0 Å². The fourth-order valence-corrected chi connectivity index (χ4v) is 4.17. The number of hydrogen-bond donors (Lipinski definition) is 1. The number of rotatable bonds is 6. The maximum atomic E-state index is 3.92. The van der Waals surface area contributed by atoms with E-state index in [4.69, 9.17) is 0 Å². The largest absolute Gasteiger partial charge is 0.312 e. The van der Waals surface area contributed by atoms with Crippen molar-refractivity contribution in [3.05, 3.63) is 0 Å². The fraction of sp³-hybridized carbons (Fsp3) is 1.00. The van der Waals surface area contributed by atoms with Crippen LogP contribution in [0.1, 0.15) is 66.2 Å². The second-order valence-corrected chi connectivity index (χ2v) is 7.83. The Balaban J connectivity index is 1.79. The van der Waals surface area contributed by atoms with Crippen LogP contribution < -0.4 is 5.32 Å². The highest BCUT2D eigenvalue weighted by molar-refractivity contribution is 4.85. The molecule has 0 aromatic rings. The Bertz CT molecular complexity index is 269. The predicted molar refractivity (Wildman–Crippen MR) is 88.0 cm³/mol. The van der Waals surface area contributed by atoms with Gasteiger partial charge < -0.3 is 5.32 Å². The predicted octanol–water partition coefficient (Wildman–Crippen LogP) is 3.91. The summed E-state index contributed by atoms with van der Waals surface area (Å²) in [4.78, 5) is 2.72. The maximum Gasteiger partial charge on any atom is 0.0243 e. The fourth-order valence-electron chi connectivity index (χ4n) is 4.17. The summed E-state index contributed by atoms with van der Waals surface area (Å²) in [7, 11) is 0. The minimum Gasteiger partial charge on any atom is -0.312 e. The highest BCUT2D eigenvalue weighted by Crippen LogP contribution is 2.30. The third-order valence-corrected chi connectivity index (χ3v) is 5.65. The van der Waals surface area contributed by atoms with Gasteiger partial charge in [0.1, 0.15) is 0 Å². The van der Waals surface area contributed by atoms with Crippen molar-refractivity contribution in [1.82, 2.24) is 10.2 Å². The molecule has 3 atom stereocenters. The Kier molecular flexibility index (Phi) is 6.35. The van der Waals surface area contributed by atoms with E-state index in [0.29, 0.717) is 0 Å². The van der Waals surface area contributed by atoms with Crippen LogP contribution in [0.15, 0.2) is 0 Å². The molecule has 1 aliphatic carbocycles. The molecule has 1 aliphatic heterocycles. The average molecular weight is 281 g/mol. The van der Waals surface area contributed by atoms with E-state index in [-0.39, 0.29) is 0 Å². The smallest absolute Gasteiger partial charge is 0.0243 e. The molecule has 2 aliphatic rings. The van der Waals surface area contributed by atoms with Gasteiger partial charge in [0.2, 0.25) is 0 Å². The van der Waals surface area contributed by atoms with Crippen molar-refractivity contribution in [1.29, 1.82) is 0 Å². The van der Waals surface area contributed by atoms with Crippen LogP contribution in [0.5, 0.6) is 0 Å². The molecule has 2 heteroatoms. The lowest BCUT2D eigenvalue weighted by atomic mass is 9.79. The first kappa shape index (κ1) is 16.3. The summed E-state index contributed by atoms with van der Waals surface area (Å²) in [6.45, 7) is 13.4. The summed E-state index contributed by atoms with van der Waals surface area (Å²) in [5, 5.41) is 3.92. The van der Waals surface area contributed by atoms with Gasteiger partial charge in [-0.2, -0.15) is 0 Å². The lowest BCUT2D eigenvalue weighted by Gasteiger charge is -2.36. The summed E-state index contributed by atoms with van der Waals surface area (Å²) in [5.41, 5.74) is 0. The molecule has 0 spiro atoms. The SMILES string of the molecule is CC(C)C1CCCC(NCC(C(C)C)N2CCCC2)C1. The highest BCUT2D eigenvalue weighted by atomic mass is 15.2. The van der Waals surface area contributed by atoms with Crippen LogP contribution in [0.2, 0.25) is 0 Å². The molecule has 0 bridgehead atoms. The van der Waals surface area contributed by atoms with Gasteiger partial charge in [0.15, 0.2) is 0 Å². The molecule has 20 heavy (non-hydrogen) atoms. The van der Waals surface area contributed by atoms with E-state index >= 15 is 0 Å². The molecule has 2 rings (SSSR count). The first-order valence-corrected chi connectivity index (χ1v) is 9.05. The Morgan fingerprint density at radius 3 is 2.30 bits per heavy atom. The lowest BCUT2D eigenvalue weighted by Crippen LogP contribution is -2.47. The molecule has 1 saturated carbocycles. The van der Waals surface area contributed by atoms with E-state index < -0.39 is 0 Å². The zero-order valence-electron chi connectivity index (χ0n) is 14.2. The molecular weight excluding hydrogens is 244 g/mol. The van der Waals surface area contributed by atoms with E-state index in [2.05, 4.69) is 37.9 Å². The Hall–Kier alpha value is -0.0800. The van der Waals surface area contributed by atoms with E-state index in [0.717, 1.165) is 29.8 Å². The minimum atomic E-state index is 0.747. The molecule has 0 amide bonds. The van der Waals surface area contributed by atoms with Crippen LogP contribution in [-0.2, 0) is 0 Å². The van der Waals surface area contributed by atoms with Gasteiger partial charge in [0.05, 0.1) is 0 Å². The summed E-state index contributed by atoms with van der Waals surface area (Å²) in [6.07, 6.45) is 8.49. The van der Waals surface area contributed by atoms with Crippen LogP contribution >= 0.6 is 0 Å². The molecule has 2 nitrogen and oxygen atoms in total. The van der Waals surface area contributed by atoms with Crippen molar-refractivity contribution in [3.8, 4) is 0 Å². The highest BCUT2D eigenvalue weighted by Gasteiger charge is 2.27. The van der Waals surface area contributed by atoms with E-state index in [1.54, 1.807) is 0 Å². The van der Waals surface area contributed by atoms with Crippen molar-refractivity contribution >= 4 is 0 Å². The molecule has 1 saturated heterocycles. The zero-order chi connectivity index (χ0) is 14.5. The van der Waals surface area contributed by atoms with Crippen molar-refractivity contribution in [2.75, 3.05) is 19.6 Å². The lowest BCUT2D eigenvalue weighted by molar-refractivity contribution is 0.167. The number of nitrogens with zero attached hydrogens (tertiary/aromatic N) is 1. The molecule has 0 aromatic carbocycles. The van der Waals surface area contributed by atoms with Crippen molar-refractivity contribution in [3.63, 3.8) is 0 Å². The van der Waals surface area contributed by atoms with Crippen molar-refractivity contribution in [2.24, 2.45) is 17.8 Å². The third-order valence-electron chi connectivity index (χ3n) is 5.65. The maximum absolute atomic E-state index is 3.92. The standard InChI is InChI=1S/C18H36N2/c1-14(2)16-8-7-9-17(12-16)19-13-18(15(3)4)20-10-5-6-11-20/h14-19H,5-13H2,1-4H3. The Morgan fingerprint density at radius 1 is 1.00 bits per heavy atom. The van der Waals surface area contributed by atoms with Gasteiger partial charge in [-0.3, -0.25) is 4.90 Å². The Labute approximate surface area is 126 Å². The van der Waals surface area contributed by atoms with Crippen molar-refractivity contribution in [2.45, 2.75) is 78.3 Å². The number of hydrogen-bond acceptors (Lipinski definition) is 2. The first-order chi connectivity index (χ1) is 9.58. The molecule has 0 radical (unpaired) electrons. The molecule has 1 N–H and O–H groups in total. The second kappa shape index (κ2) is 7.79.